The molecule has 0 aromatic heterocycles. The minimum absolute atomic E-state index is 0.00815. The Morgan fingerprint density at radius 3 is 2.58 bits per heavy atom. The van der Waals surface area contributed by atoms with E-state index in [2.05, 4.69) is 5.32 Å². The Morgan fingerprint density at radius 1 is 1.15 bits per heavy atom. The number of nitrogens with one attached hydrogen (secondary N) is 1. The maximum Gasteiger partial charge on any atom is 0.335 e. The van der Waals surface area contributed by atoms with Crippen molar-refractivity contribution < 1.29 is 24.2 Å². The summed E-state index contributed by atoms with van der Waals surface area (Å²) in [4.78, 5) is 23.6. The quantitative estimate of drug-likeness (QED) is 0.753. The third-order valence-corrected chi connectivity index (χ3v) is 3.99. The lowest BCUT2D eigenvalue weighted by Crippen LogP contribution is -2.15. The van der Waals surface area contributed by atoms with Crippen molar-refractivity contribution >= 4 is 17.6 Å². The van der Waals surface area contributed by atoms with Gasteiger partial charge in [-0.3, -0.25) is 4.79 Å². The van der Waals surface area contributed by atoms with Crippen molar-refractivity contribution in [3.05, 3.63) is 59.2 Å². The number of carbonyl (C=O) groups is 2. The van der Waals surface area contributed by atoms with Gasteiger partial charge in [0.15, 0.2) is 0 Å². The average molecular weight is 357 g/mol. The highest BCUT2D eigenvalue weighted by Gasteiger charge is 2.14. The molecule has 0 saturated heterocycles. The highest BCUT2D eigenvalue weighted by molar-refractivity contribution is 5.94. The van der Waals surface area contributed by atoms with Crippen molar-refractivity contribution in [3.8, 4) is 5.75 Å². The van der Waals surface area contributed by atoms with Gasteiger partial charge in [0.25, 0.3) is 0 Å². The maximum atomic E-state index is 12.4. The van der Waals surface area contributed by atoms with E-state index in [-0.39, 0.29) is 30.4 Å². The second-order valence-corrected chi connectivity index (χ2v) is 6.09. The molecule has 2 aromatic rings. The fraction of sp³-hybridized carbons (Fsp3) is 0.300. The van der Waals surface area contributed by atoms with E-state index in [1.807, 2.05) is 31.2 Å². The van der Waals surface area contributed by atoms with E-state index in [0.29, 0.717) is 11.3 Å². The number of rotatable bonds is 8. The average Bonchev–Trinajstić information content (AvgIpc) is 2.61. The van der Waals surface area contributed by atoms with Gasteiger partial charge in [0.05, 0.1) is 19.3 Å². The Balaban J connectivity index is 2.09. The summed E-state index contributed by atoms with van der Waals surface area (Å²) in [5.74, 6) is -0.506. The molecule has 26 heavy (non-hydrogen) atoms. The van der Waals surface area contributed by atoms with Crippen molar-refractivity contribution in [3.63, 3.8) is 0 Å². The Hall–Kier alpha value is -2.86. The lowest BCUT2D eigenvalue weighted by Gasteiger charge is -2.14. The second kappa shape index (κ2) is 9.01. The SMILES string of the molecule is COCc1cc(NC(=O)CC(C)c2cccc(OC)c2)cc(C(=O)O)c1. The van der Waals surface area contributed by atoms with Crippen LogP contribution in [0.4, 0.5) is 5.69 Å². The van der Waals surface area contributed by atoms with Gasteiger partial charge in [-0.1, -0.05) is 19.1 Å². The maximum absolute atomic E-state index is 12.4. The summed E-state index contributed by atoms with van der Waals surface area (Å²) in [5.41, 5.74) is 2.23. The van der Waals surface area contributed by atoms with Crippen molar-refractivity contribution in [2.75, 3.05) is 19.5 Å². The van der Waals surface area contributed by atoms with E-state index < -0.39 is 5.97 Å². The summed E-state index contributed by atoms with van der Waals surface area (Å²) in [7, 11) is 3.13. The van der Waals surface area contributed by atoms with Gasteiger partial charge in [-0.25, -0.2) is 4.79 Å². The highest BCUT2D eigenvalue weighted by atomic mass is 16.5. The Labute approximate surface area is 152 Å². The van der Waals surface area contributed by atoms with Crippen LogP contribution in [0.3, 0.4) is 0 Å². The van der Waals surface area contributed by atoms with Gasteiger partial charge in [0, 0.05) is 19.2 Å². The summed E-state index contributed by atoms with van der Waals surface area (Å²) in [6.07, 6.45) is 0.268. The van der Waals surface area contributed by atoms with Crippen molar-refractivity contribution in [1.82, 2.24) is 0 Å². The number of anilines is 1. The molecule has 0 aliphatic rings. The van der Waals surface area contributed by atoms with Gasteiger partial charge < -0.3 is 19.9 Å². The number of methoxy groups -OCH3 is 2. The first-order chi connectivity index (χ1) is 12.4. The molecular weight excluding hydrogens is 334 g/mol. The predicted molar refractivity (Wildman–Crippen MR) is 98.8 cm³/mol. The molecule has 0 radical (unpaired) electrons. The van der Waals surface area contributed by atoms with Crippen molar-refractivity contribution in [1.29, 1.82) is 0 Å². The fourth-order valence-electron chi connectivity index (χ4n) is 2.69. The molecule has 0 aliphatic carbocycles. The Bertz CT molecular complexity index is 788. The third-order valence-electron chi connectivity index (χ3n) is 3.99. The van der Waals surface area contributed by atoms with E-state index in [4.69, 9.17) is 9.47 Å². The van der Waals surface area contributed by atoms with Crippen LogP contribution in [0.5, 0.6) is 5.75 Å². The van der Waals surface area contributed by atoms with E-state index in [1.54, 1.807) is 13.2 Å². The number of carboxylic acids is 1. The van der Waals surface area contributed by atoms with Crippen LogP contribution in [0.25, 0.3) is 0 Å². The molecule has 2 N–H and O–H groups in total. The molecule has 2 rings (SSSR count). The number of amides is 1. The summed E-state index contributed by atoms with van der Waals surface area (Å²) < 4.78 is 10.3. The standard InChI is InChI=1S/C20H23NO5/c1-13(15-5-4-6-18(11-15)26-3)7-19(22)21-17-9-14(12-25-2)8-16(10-17)20(23)24/h4-6,8-11,13H,7,12H2,1-3H3,(H,21,22)(H,23,24). The zero-order valence-electron chi connectivity index (χ0n) is 15.1. The topological polar surface area (TPSA) is 84.9 Å². The van der Waals surface area contributed by atoms with E-state index in [1.165, 1.54) is 19.2 Å². The molecule has 1 atom stereocenters. The normalized spacial score (nSPS) is 11.7. The lowest BCUT2D eigenvalue weighted by molar-refractivity contribution is -0.116. The molecule has 1 amide bonds. The van der Waals surface area contributed by atoms with Crippen LogP contribution in [0.2, 0.25) is 0 Å². The van der Waals surface area contributed by atoms with Crippen LogP contribution < -0.4 is 10.1 Å². The largest absolute Gasteiger partial charge is 0.497 e. The molecule has 2 aromatic carbocycles. The van der Waals surface area contributed by atoms with Crippen LogP contribution in [0, 0.1) is 0 Å². The molecule has 0 bridgehead atoms. The summed E-state index contributed by atoms with van der Waals surface area (Å²) in [6, 6.07) is 12.3. The van der Waals surface area contributed by atoms with Gasteiger partial charge >= 0.3 is 5.97 Å². The smallest absolute Gasteiger partial charge is 0.335 e. The molecule has 0 aliphatic heterocycles. The predicted octanol–water partition coefficient (Wildman–Crippen LogP) is 3.67. The van der Waals surface area contributed by atoms with Gasteiger partial charge in [-0.2, -0.15) is 0 Å². The van der Waals surface area contributed by atoms with Crippen LogP contribution >= 0.6 is 0 Å². The molecule has 6 heteroatoms. The van der Waals surface area contributed by atoms with Gasteiger partial charge in [0.1, 0.15) is 5.75 Å². The van der Waals surface area contributed by atoms with E-state index in [9.17, 15) is 14.7 Å². The lowest BCUT2D eigenvalue weighted by atomic mass is 9.97. The Morgan fingerprint density at radius 2 is 1.92 bits per heavy atom. The monoisotopic (exact) mass is 357 g/mol. The molecule has 0 spiro atoms. The number of carbonyl (C=O) groups excluding carboxylic acids is 1. The number of hydrogen-bond acceptors (Lipinski definition) is 4. The summed E-state index contributed by atoms with van der Waals surface area (Å²) in [5, 5.41) is 12.0. The molecule has 0 heterocycles. The molecular formula is C20H23NO5. The van der Waals surface area contributed by atoms with Crippen LogP contribution in [0.15, 0.2) is 42.5 Å². The summed E-state index contributed by atoms with van der Waals surface area (Å²) >= 11 is 0. The van der Waals surface area contributed by atoms with Gasteiger partial charge in [-0.05, 0) is 47.4 Å². The Kier molecular flexibility index (Phi) is 6.74. The third kappa shape index (κ3) is 5.32. The number of benzene rings is 2. The number of carboxylic acid groups (broad SMARTS) is 1. The zero-order chi connectivity index (χ0) is 19.1. The van der Waals surface area contributed by atoms with Crippen molar-refractivity contribution in [2.45, 2.75) is 25.9 Å². The van der Waals surface area contributed by atoms with Crippen LogP contribution in [0.1, 0.15) is 40.7 Å². The molecule has 0 fully saturated rings. The van der Waals surface area contributed by atoms with E-state index >= 15 is 0 Å². The van der Waals surface area contributed by atoms with Gasteiger partial charge in [0.2, 0.25) is 5.91 Å². The number of ether oxygens (including phenoxy) is 2. The first-order valence-corrected chi connectivity index (χ1v) is 8.23. The second-order valence-electron chi connectivity index (χ2n) is 6.09. The number of hydrogen-bond donors (Lipinski definition) is 2. The molecule has 0 saturated carbocycles. The first kappa shape index (κ1) is 19.5. The highest BCUT2D eigenvalue weighted by Crippen LogP contribution is 2.24. The molecule has 138 valence electrons. The zero-order valence-corrected chi connectivity index (χ0v) is 15.1. The number of aromatic carboxylic acids is 1. The fourth-order valence-corrected chi connectivity index (χ4v) is 2.69. The van der Waals surface area contributed by atoms with Crippen LogP contribution in [-0.4, -0.2) is 31.2 Å². The van der Waals surface area contributed by atoms with E-state index in [0.717, 1.165) is 11.3 Å². The summed E-state index contributed by atoms with van der Waals surface area (Å²) in [6.45, 7) is 2.22. The first-order valence-electron chi connectivity index (χ1n) is 8.23. The molecule has 6 nitrogen and oxygen atoms in total. The molecule has 1 unspecified atom stereocenters. The van der Waals surface area contributed by atoms with Crippen LogP contribution in [-0.2, 0) is 16.1 Å². The minimum atomic E-state index is -1.05. The van der Waals surface area contributed by atoms with Gasteiger partial charge in [-0.15, -0.1) is 0 Å². The van der Waals surface area contributed by atoms with Crippen molar-refractivity contribution in [2.24, 2.45) is 0 Å². The minimum Gasteiger partial charge on any atom is -0.497 e.